The number of unbranched alkanes of at least 4 members (excludes halogenated alkanes) is 2. The van der Waals surface area contributed by atoms with Crippen molar-refractivity contribution in [3.63, 3.8) is 0 Å². The standard InChI is InChI=1S/C18H30N2/c1-4-5-6-11-20(15(2)3)14-16-7-8-17-9-10-19-13-18(17)12-16/h7-8,12,15,19H,4-6,9-11,13-14H2,1-3H3. The Morgan fingerprint density at radius 2 is 2.05 bits per heavy atom. The molecule has 1 heterocycles. The molecule has 0 saturated carbocycles. The highest BCUT2D eigenvalue weighted by Gasteiger charge is 2.12. The summed E-state index contributed by atoms with van der Waals surface area (Å²) in [5, 5.41) is 3.47. The van der Waals surface area contributed by atoms with E-state index in [1.165, 1.54) is 48.9 Å². The minimum Gasteiger partial charge on any atom is -0.312 e. The Morgan fingerprint density at radius 3 is 2.80 bits per heavy atom. The van der Waals surface area contributed by atoms with Crippen molar-refractivity contribution in [2.24, 2.45) is 0 Å². The van der Waals surface area contributed by atoms with Crippen LogP contribution in [0, 0.1) is 0 Å². The molecule has 1 aliphatic rings. The Kier molecular flexibility index (Phi) is 6.06. The van der Waals surface area contributed by atoms with Gasteiger partial charge in [0.1, 0.15) is 0 Å². The predicted molar refractivity (Wildman–Crippen MR) is 86.9 cm³/mol. The topological polar surface area (TPSA) is 15.3 Å². The van der Waals surface area contributed by atoms with Gasteiger partial charge in [-0.3, -0.25) is 4.90 Å². The molecule has 2 nitrogen and oxygen atoms in total. The summed E-state index contributed by atoms with van der Waals surface area (Å²) in [7, 11) is 0. The van der Waals surface area contributed by atoms with E-state index in [0.717, 1.165) is 19.6 Å². The van der Waals surface area contributed by atoms with Crippen molar-refractivity contribution in [2.75, 3.05) is 13.1 Å². The molecule has 2 rings (SSSR count). The zero-order chi connectivity index (χ0) is 14.4. The van der Waals surface area contributed by atoms with Gasteiger partial charge in [-0.05, 0) is 56.5 Å². The lowest BCUT2D eigenvalue weighted by atomic mass is 9.98. The molecule has 0 atom stereocenters. The summed E-state index contributed by atoms with van der Waals surface area (Å²) < 4.78 is 0. The second kappa shape index (κ2) is 7.80. The van der Waals surface area contributed by atoms with Crippen LogP contribution >= 0.6 is 0 Å². The number of hydrogen-bond acceptors (Lipinski definition) is 2. The van der Waals surface area contributed by atoms with Gasteiger partial charge < -0.3 is 5.32 Å². The minimum absolute atomic E-state index is 0.626. The molecule has 0 aliphatic carbocycles. The molecular weight excluding hydrogens is 244 g/mol. The lowest BCUT2D eigenvalue weighted by Gasteiger charge is -2.27. The highest BCUT2D eigenvalue weighted by atomic mass is 15.1. The molecule has 20 heavy (non-hydrogen) atoms. The lowest BCUT2D eigenvalue weighted by molar-refractivity contribution is 0.208. The fourth-order valence-corrected chi connectivity index (χ4v) is 2.95. The van der Waals surface area contributed by atoms with E-state index >= 15 is 0 Å². The molecule has 1 aromatic rings. The zero-order valence-electron chi connectivity index (χ0n) is 13.4. The molecular formula is C18H30N2. The number of rotatable bonds is 7. The van der Waals surface area contributed by atoms with Crippen LogP contribution in [0.5, 0.6) is 0 Å². The Bertz CT molecular complexity index is 412. The largest absolute Gasteiger partial charge is 0.312 e. The fourth-order valence-electron chi connectivity index (χ4n) is 2.95. The summed E-state index contributed by atoms with van der Waals surface area (Å²) in [6.07, 6.45) is 5.15. The second-order valence-electron chi connectivity index (χ2n) is 6.30. The Hall–Kier alpha value is -0.860. The second-order valence-corrected chi connectivity index (χ2v) is 6.30. The molecule has 0 fully saturated rings. The van der Waals surface area contributed by atoms with Crippen LogP contribution in [-0.4, -0.2) is 24.0 Å². The molecule has 0 aromatic heterocycles. The molecule has 0 saturated heterocycles. The van der Waals surface area contributed by atoms with Crippen LogP contribution in [0.2, 0.25) is 0 Å². The highest BCUT2D eigenvalue weighted by Crippen LogP contribution is 2.18. The first kappa shape index (κ1) is 15.5. The lowest BCUT2D eigenvalue weighted by Crippen LogP contribution is -2.31. The third-order valence-electron chi connectivity index (χ3n) is 4.32. The summed E-state index contributed by atoms with van der Waals surface area (Å²) in [5.41, 5.74) is 4.51. The maximum atomic E-state index is 3.47. The van der Waals surface area contributed by atoms with E-state index < -0.39 is 0 Å². The average molecular weight is 274 g/mol. The third kappa shape index (κ3) is 4.32. The van der Waals surface area contributed by atoms with Gasteiger partial charge in [-0.15, -0.1) is 0 Å². The van der Waals surface area contributed by atoms with E-state index in [0.29, 0.717) is 6.04 Å². The minimum atomic E-state index is 0.626. The Balaban J connectivity index is 1.98. The number of fused-ring (bicyclic) bond motifs is 1. The summed E-state index contributed by atoms with van der Waals surface area (Å²) in [6.45, 7) is 11.4. The number of nitrogens with one attached hydrogen (secondary N) is 1. The van der Waals surface area contributed by atoms with Crippen molar-refractivity contribution in [3.05, 3.63) is 34.9 Å². The van der Waals surface area contributed by atoms with Crippen LogP contribution < -0.4 is 5.32 Å². The van der Waals surface area contributed by atoms with Gasteiger partial charge in [-0.2, -0.15) is 0 Å². The SMILES string of the molecule is CCCCCN(Cc1ccc2c(c1)CNCC2)C(C)C. The van der Waals surface area contributed by atoms with Crippen LogP contribution in [0.3, 0.4) is 0 Å². The smallest absolute Gasteiger partial charge is 0.0236 e. The first-order valence-electron chi connectivity index (χ1n) is 8.26. The summed E-state index contributed by atoms with van der Waals surface area (Å²) in [6, 6.07) is 7.72. The van der Waals surface area contributed by atoms with Crippen LogP contribution in [0.25, 0.3) is 0 Å². The van der Waals surface area contributed by atoms with E-state index in [4.69, 9.17) is 0 Å². The molecule has 1 N–H and O–H groups in total. The van der Waals surface area contributed by atoms with E-state index in [2.05, 4.69) is 49.2 Å². The number of nitrogens with zero attached hydrogens (tertiary/aromatic N) is 1. The molecule has 112 valence electrons. The summed E-state index contributed by atoms with van der Waals surface area (Å²) in [4.78, 5) is 2.60. The van der Waals surface area contributed by atoms with Crippen molar-refractivity contribution in [3.8, 4) is 0 Å². The Labute approximate surface area is 124 Å². The highest BCUT2D eigenvalue weighted by molar-refractivity contribution is 5.33. The van der Waals surface area contributed by atoms with E-state index in [9.17, 15) is 0 Å². The summed E-state index contributed by atoms with van der Waals surface area (Å²) in [5.74, 6) is 0. The van der Waals surface area contributed by atoms with Crippen LogP contribution in [0.4, 0.5) is 0 Å². The maximum Gasteiger partial charge on any atom is 0.0236 e. The average Bonchev–Trinajstić information content (AvgIpc) is 2.46. The quantitative estimate of drug-likeness (QED) is 0.762. The van der Waals surface area contributed by atoms with Crippen LogP contribution in [0.15, 0.2) is 18.2 Å². The van der Waals surface area contributed by atoms with Gasteiger partial charge in [-0.25, -0.2) is 0 Å². The molecule has 0 spiro atoms. The van der Waals surface area contributed by atoms with E-state index in [1.54, 1.807) is 0 Å². The van der Waals surface area contributed by atoms with Crippen molar-refractivity contribution < 1.29 is 0 Å². The predicted octanol–water partition coefficient (Wildman–Crippen LogP) is 3.73. The van der Waals surface area contributed by atoms with Gasteiger partial charge in [0.25, 0.3) is 0 Å². The van der Waals surface area contributed by atoms with Crippen LogP contribution in [-0.2, 0) is 19.5 Å². The fraction of sp³-hybridized carbons (Fsp3) is 0.667. The molecule has 0 radical (unpaired) electrons. The molecule has 1 aliphatic heterocycles. The first-order chi connectivity index (χ1) is 9.70. The van der Waals surface area contributed by atoms with Crippen molar-refractivity contribution in [2.45, 2.75) is 65.6 Å². The third-order valence-corrected chi connectivity index (χ3v) is 4.32. The van der Waals surface area contributed by atoms with Gasteiger partial charge in [0, 0.05) is 19.1 Å². The first-order valence-corrected chi connectivity index (χ1v) is 8.26. The molecule has 0 unspecified atom stereocenters. The zero-order valence-corrected chi connectivity index (χ0v) is 13.4. The van der Waals surface area contributed by atoms with Gasteiger partial charge in [0.05, 0.1) is 0 Å². The van der Waals surface area contributed by atoms with Gasteiger partial charge >= 0.3 is 0 Å². The van der Waals surface area contributed by atoms with E-state index in [-0.39, 0.29) is 0 Å². The van der Waals surface area contributed by atoms with Crippen molar-refractivity contribution in [1.29, 1.82) is 0 Å². The molecule has 2 heteroatoms. The monoisotopic (exact) mass is 274 g/mol. The van der Waals surface area contributed by atoms with Gasteiger partial charge in [0.2, 0.25) is 0 Å². The van der Waals surface area contributed by atoms with E-state index in [1.807, 2.05) is 0 Å². The summed E-state index contributed by atoms with van der Waals surface area (Å²) >= 11 is 0. The molecule has 0 bridgehead atoms. The Morgan fingerprint density at radius 1 is 1.20 bits per heavy atom. The van der Waals surface area contributed by atoms with Crippen molar-refractivity contribution in [1.82, 2.24) is 10.2 Å². The van der Waals surface area contributed by atoms with Crippen molar-refractivity contribution >= 4 is 0 Å². The molecule has 1 aromatic carbocycles. The van der Waals surface area contributed by atoms with Gasteiger partial charge in [0.15, 0.2) is 0 Å². The van der Waals surface area contributed by atoms with Gasteiger partial charge in [-0.1, -0.05) is 38.0 Å². The normalized spacial score (nSPS) is 14.8. The number of hydrogen-bond donors (Lipinski definition) is 1. The maximum absolute atomic E-state index is 3.47. The molecule has 0 amide bonds. The number of benzene rings is 1. The van der Waals surface area contributed by atoms with Crippen LogP contribution in [0.1, 0.15) is 56.7 Å².